The Kier molecular flexibility index (Phi) is 8.38. The highest BCUT2D eigenvalue weighted by Crippen LogP contribution is 2.33. The van der Waals surface area contributed by atoms with Gasteiger partial charge in [0.05, 0.1) is 19.9 Å². The third kappa shape index (κ3) is 5.52. The van der Waals surface area contributed by atoms with Crippen molar-refractivity contribution in [2.45, 2.75) is 39.8 Å². The third-order valence-electron chi connectivity index (χ3n) is 4.24. The van der Waals surface area contributed by atoms with Crippen LogP contribution in [0.25, 0.3) is 6.08 Å². The standard InChI is InChI=1S/C20H25BrClN3O3/c1-5-6-9-25-20(22)15(13(2)24-25)7-8-19(26)23-12-14-10-17(27-3)18(28-4)11-16(14)21/h7-8,10-11H,5-6,9,12H2,1-4H3,(H,23,26)/b8-7+. The topological polar surface area (TPSA) is 65.4 Å². The molecule has 0 radical (unpaired) electrons. The second-order valence-electron chi connectivity index (χ2n) is 6.22. The van der Waals surface area contributed by atoms with Gasteiger partial charge in [-0.05, 0) is 37.1 Å². The molecule has 6 nitrogen and oxygen atoms in total. The average molecular weight is 471 g/mol. The van der Waals surface area contributed by atoms with Gasteiger partial charge >= 0.3 is 0 Å². The van der Waals surface area contributed by atoms with Crippen LogP contribution in [0.4, 0.5) is 0 Å². The molecule has 2 rings (SSSR count). The number of nitrogens with zero attached hydrogens (tertiary/aromatic N) is 2. The third-order valence-corrected chi connectivity index (χ3v) is 5.38. The molecule has 1 aromatic heterocycles. The van der Waals surface area contributed by atoms with E-state index in [0.717, 1.165) is 40.7 Å². The van der Waals surface area contributed by atoms with Crippen LogP contribution in [-0.2, 0) is 17.9 Å². The lowest BCUT2D eigenvalue weighted by atomic mass is 10.2. The summed E-state index contributed by atoms with van der Waals surface area (Å²) in [5.41, 5.74) is 2.44. The van der Waals surface area contributed by atoms with Crippen LogP contribution in [0.3, 0.4) is 0 Å². The number of methoxy groups -OCH3 is 2. The van der Waals surface area contributed by atoms with E-state index in [4.69, 9.17) is 21.1 Å². The van der Waals surface area contributed by atoms with Gasteiger partial charge in [0.1, 0.15) is 5.15 Å². The number of hydrogen-bond donors (Lipinski definition) is 1. The Morgan fingerprint density at radius 3 is 2.64 bits per heavy atom. The van der Waals surface area contributed by atoms with E-state index in [1.807, 2.05) is 19.1 Å². The van der Waals surface area contributed by atoms with Crippen LogP contribution in [0, 0.1) is 6.92 Å². The molecule has 0 spiro atoms. The molecule has 0 bridgehead atoms. The van der Waals surface area contributed by atoms with Crippen LogP contribution in [0.2, 0.25) is 5.15 Å². The maximum Gasteiger partial charge on any atom is 0.244 e. The number of rotatable bonds is 9. The second kappa shape index (κ2) is 10.5. The summed E-state index contributed by atoms with van der Waals surface area (Å²) in [7, 11) is 3.15. The molecule has 152 valence electrons. The first-order chi connectivity index (χ1) is 13.4. The average Bonchev–Trinajstić information content (AvgIpc) is 2.96. The Labute approximate surface area is 179 Å². The smallest absolute Gasteiger partial charge is 0.244 e. The van der Waals surface area contributed by atoms with Crippen molar-refractivity contribution in [2.75, 3.05) is 14.2 Å². The summed E-state index contributed by atoms with van der Waals surface area (Å²) in [6.07, 6.45) is 5.24. The highest BCUT2D eigenvalue weighted by atomic mass is 79.9. The van der Waals surface area contributed by atoms with Crippen molar-refractivity contribution in [3.8, 4) is 11.5 Å². The number of ether oxygens (including phenoxy) is 2. The molecule has 1 heterocycles. The van der Waals surface area contributed by atoms with Crippen molar-refractivity contribution < 1.29 is 14.3 Å². The largest absolute Gasteiger partial charge is 0.493 e. The SMILES string of the molecule is CCCCn1nc(C)c(/C=C/C(=O)NCc2cc(OC)c(OC)cc2Br)c1Cl. The van der Waals surface area contributed by atoms with E-state index in [0.29, 0.717) is 23.2 Å². The van der Waals surface area contributed by atoms with Gasteiger partial charge in [-0.3, -0.25) is 9.48 Å². The number of aryl methyl sites for hydroxylation is 2. The monoisotopic (exact) mass is 469 g/mol. The number of benzene rings is 1. The minimum absolute atomic E-state index is 0.224. The van der Waals surface area contributed by atoms with Crippen LogP contribution in [0.1, 0.15) is 36.6 Å². The Morgan fingerprint density at radius 2 is 2.00 bits per heavy atom. The Hall–Kier alpha value is -1.99. The second-order valence-corrected chi connectivity index (χ2v) is 7.43. The van der Waals surface area contributed by atoms with Crippen molar-refractivity contribution in [3.05, 3.63) is 44.7 Å². The van der Waals surface area contributed by atoms with Crippen LogP contribution in [0.5, 0.6) is 11.5 Å². The van der Waals surface area contributed by atoms with Gasteiger partial charge in [-0.1, -0.05) is 40.9 Å². The van der Waals surface area contributed by atoms with Crippen LogP contribution < -0.4 is 14.8 Å². The Morgan fingerprint density at radius 1 is 1.32 bits per heavy atom. The zero-order chi connectivity index (χ0) is 20.7. The number of aromatic nitrogens is 2. The molecule has 0 unspecified atom stereocenters. The summed E-state index contributed by atoms with van der Waals surface area (Å²) in [5, 5.41) is 7.85. The molecule has 0 saturated heterocycles. The molecule has 1 amide bonds. The summed E-state index contributed by atoms with van der Waals surface area (Å²) < 4.78 is 13.2. The molecule has 28 heavy (non-hydrogen) atoms. The highest BCUT2D eigenvalue weighted by molar-refractivity contribution is 9.10. The molecule has 1 N–H and O–H groups in total. The van der Waals surface area contributed by atoms with Gasteiger partial charge < -0.3 is 14.8 Å². The predicted molar refractivity (Wildman–Crippen MR) is 115 cm³/mol. The fourth-order valence-corrected chi connectivity index (χ4v) is 3.43. The van der Waals surface area contributed by atoms with Crippen molar-refractivity contribution in [1.82, 2.24) is 15.1 Å². The fourth-order valence-electron chi connectivity index (χ4n) is 2.64. The van der Waals surface area contributed by atoms with Crippen molar-refractivity contribution in [3.63, 3.8) is 0 Å². The minimum atomic E-state index is -0.224. The number of amides is 1. The zero-order valence-electron chi connectivity index (χ0n) is 16.5. The number of carbonyl (C=O) groups excluding carboxylic acids is 1. The highest BCUT2D eigenvalue weighted by Gasteiger charge is 2.12. The zero-order valence-corrected chi connectivity index (χ0v) is 18.9. The number of carbonyl (C=O) groups is 1. The molecule has 0 fully saturated rings. The van der Waals surface area contributed by atoms with Crippen molar-refractivity contribution in [2.24, 2.45) is 0 Å². The molecular formula is C20H25BrClN3O3. The molecule has 0 atom stereocenters. The first-order valence-corrected chi connectivity index (χ1v) is 10.2. The van der Waals surface area contributed by atoms with Gasteiger partial charge in [0, 0.05) is 29.2 Å². The van der Waals surface area contributed by atoms with E-state index in [1.54, 1.807) is 25.0 Å². The van der Waals surface area contributed by atoms with E-state index in [1.165, 1.54) is 6.08 Å². The molecule has 2 aromatic rings. The lowest BCUT2D eigenvalue weighted by molar-refractivity contribution is -0.116. The van der Waals surface area contributed by atoms with Crippen LogP contribution in [0.15, 0.2) is 22.7 Å². The quantitative estimate of drug-likeness (QED) is 0.537. The number of nitrogens with one attached hydrogen (secondary N) is 1. The van der Waals surface area contributed by atoms with Gasteiger partial charge in [0.2, 0.25) is 5.91 Å². The van der Waals surface area contributed by atoms with E-state index in [-0.39, 0.29) is 5.91 Å². The summed E-state index contributed by atoms with van der Waals surface area (Å²) in [6.45, 7) is 5.11. The maximum absolute atomic E-state index is 12.2. The first-order valence-electron chi connectivity index (χ1n) is 9.00. The molecule has 0 aliphatic rings. The van der Waals surface area contributed by atoms with Gasteiger partial charge in [-0.2, -0.15) is 5.10 Å². The molecule has 8 heteroatoms. The van der Waals surface area contributed by atoms with Crippen LogP contribution >= 0.6 is 27.5 Å². The summed E-state index contributed by atoms with van der Waals surface area (Å²) in [6, 6.07) is 3.63. The van der Waals surface area contributed by atoms with Gasteiger partial charge in [-0.15, -0.1) is 0 Å². The predicted octanol–water partition coefficient (Wildman–Crippen LogP) is 4.75. The molecule has 0 aliphatic carbocycles. The van der Waals surface area contributed by atoms with Crippen molar-refractivity contribution in [1.29, 1.82) is 0 Å². The maximum atomic E-state index is 12.2. The van der Waals surface area contributed by atoms with E-state index >= 15 is 0 Å². The fraction of sp³-hybridized carbons (Fsp3) is 0.400. The number of hydrogen-bond acceptors (Lipinski definition) is 4. The van der Waals surface area contributed by atoms with E-state index in [2.05, 4.69) is 33.3 Å². The lowest BCUT2D eigenvalue weighted by Crippen LogP contribution is -2.20. The van der Waals surface area contributed by atoms with Gasteiger partial charge in [-0.25, -0.2) is 0 Å². The van der Waals surface area contributed by atoms with E-state index < -0.39 is 0 Å². The molecule has 0 saturated carbocycles. The summed E-state index contributed by atoms with van der Waals surface area (Å²) in [5.74, 6) is 1.00. The minimum Gasteiger partial charge on any atom is -0.493 e. The van der Waals surface area contributed by atoms with Gasteiger partial charge in [0.15, 0.2) is 11.5 Å². The summed E-state index contributed by atoms with van der Waals surface area (Å²) >= 11 is 9.88. The van der Waals surface area contributed by atoms with Crippen molar-refractivity contribution >= 4 is 39.5 Å². The number of halogens is 2. The normalized spacial score (nSPS) is 11.1. The van der Waals surface area contributed by atoms with E-state index in [9.17, 15) is 4.79 Å². The van der Waals surface area contributed by atoms with Crippen LogP contribution in [-0.4, -0.2) is 29.9 Å². The number of unbranched alkanes of at least 4 members (excludes halogenated alkanes) is 1. The molecule has 1 aromatic carbocycles. The Bertz CT molecular complexity index is 865. The first kappa shape index (κ1) is 22.3. The molecular weight excluding hydrogens is 446 g/mol. The Balaban J connectivity index is 2.04. The molecule has 0 aliphatic heterocycles. The lowest BCUT2D eigenvalue weighted by Gasteiger charge is -2.12. The summed E-state index contributed by atoms with van der Waals surface area (Å²) in [4.78, 5) is 12.2. The van der Waals surface area contributed by atoms with Gasteiger partial charge in [0.25, 0.3) is 0 Å².